The molecule has 0 unspecified atom stereocenters. The van der Waals surface area contributed by atoms with Gasteiger partial charge >= 0.3 is 6.10 Å². The largest absolute Gasteiger partial charge is 0.494 e. The summed E-state index contributed by atoms with van der Waals surface area (Å²) in [6, 6.07) is 4.85. The molecule has 0 spiro atoms. The van der Waals surface area contributed by atoms with E-state index in [4.69, 9.17) is 31.2 Å². The van der Waals surface area contributed by atoms with Crippen molar-refractivity contribution in [3.63, 3.8) is 0 Å². The summed E-state index contributed by atoms with van der Waals surface area (Å²) in [5.41, 5.74) is 5.35. The predicted octanol–water partition coefficient (Wildman–Crippen LogP) is -0.125. The number of anilines is 1. The van der Waals surface area contributed by atoms with Crippen LogP contribution in [-0.4, -0.2) is 93.2 Å². The molecule has 2 heterocycles. The Morgan fingerprint density at radius 1 is 1.29 bits per heavy atom. The Morgan fingerprint density at radius 2 is 2.04 bits per heavy atom. The smallest absolute Gasteiger partial charge is 0.369 e. The molecule has 240 valence electrons. The van der Waals surface area contributed by atoms with Crippen LogP contribution in [0.1, 0.15) is 41.8 Å². The minimum atomic E-state index is -3.60. The normalized spacial score (nSPS) is 15.6. The van der Waals surface area contributed by atoms with Crippen LogP contribution in [0, 0.1) is 11.3 Å². The van der Waals surface area contributed by atoms with Gasteiger partial charge in [0.05, 0.1) is 30.3 Å². The number of nitrogens with one attached hydrogen (secondary N) is 4. The van der Waals surface area contributed by atoms with Crippen molar-refractivity contribution < 1.29 is 39.2 Å². The molecule has 0 radical (unpaired) electrons. The van der Waals surface area contributed by atoms with E-state index < -0.39 is 23.6 Å². The Morgan fingerprint density at radius 3 is 2.69 bits per heavy atom. The molecule has 1 saturated heterocycles. The Kier molecular flexibility index (Phi) is 10.6. The second-order valence-corrected chi connectivity index (χ2v) is 11.3. The molecule has 17 heteroatoms. The first kappa shape index (κ1) is 33.2. The fourth-order valence-corrected chi connectivity index (χ4v) is 5.26. The van der Waals surface area contributed by atoms with Gasteiger partial charge in [0.2, 0.25) is 5.91 Å². The fraction of sp³-hybridized carbons (Fsp3) is 0.393. The Hall–Kier alpha value is -4.71. The summed E-state index contributed by atoms with van der Waals surface area (Å²) >= 11 is 1.10. The number of para-hydroxylation sites is 1. The number of amides is 4. The van der Waals surface area contributed by atoms with Crippen LogP contribution in [0.4, 0.5) is 5.69 Å². The van der Waals surface area contributed by atoms with Crippen molar-refractivity contribution in [3.8, 4) is 16.3 Å². The quantitative estimate of drug-likeness (QED) is 0.0583. The average molecular weight is 643 g/mol. The maximum Gasteiger partial charge on any atom is 0.369 e. The molecule has 2 aliphatic rings. The molecule has 1 saturated carbocycles. The maximum atomic E-state index is 12.7. The molecule has 1 aromatic heterocycles. The number of nitrogens with two attached hydrogens (primary N) is 1. The van der Waals surface area contributed by atoms with Crippen LogP contribution in [0.15, 0.2) is 41.2 Å². The standard InChI is InChI=1S/C28H34N8O8S/c1-44-23-16(27-32-14-19(45-27)25(39)31-10-4-12-36-11-3-7-21(36)37)5-2-6-17(23)33-18(22(30)26(40)35-28(41,42)43)13-20(29)34-24(38)15-8-9-15/h2,5-6,13-15,30,33,41-43H,3-4,7-12H2,1H3,(H,31,39)(H,35,40)(H2,29,34,38)/b18-13+,30-22?. The van der Waals surface area contributed by atoms with Gasteiger partial charge in [-0.3, -0.25) is 29.9 Å². The van der Waals surface area contributed by atoms with Crippen molar-refractivity contribution in [2.75, 3.05) is 32.1 Å². The van der Waals surface area contributed by atoms with E-state index in [1.54, 1.807) is 23.1 Å². The lowest BCUT2D eigenvalue weighted by atomic mass is 10.1. The van der Waals surface area contributed by atoms with E-state index >= 15 is 0 Å². The Balaban J connectivity index is 1.53. The van der Waals surface area contributed by atoms with E-state index in [2.05, 4.69) is 20.6 Å². The van der Waals surface area contributed by atoms with Crippen molar-refractivity contribution >= 4 is 52.2 Å². The van der Waals surface area contributed by atoms with Crippen LogP contribution in [0.2, 0.25) is 0 Å². The summed E-state index contributed by atoms with van der Waals surface area (Å²) in [7, 11) is 1.37. The molecule has 1 aliphatic heterocycles. The summed E-state index contributed by atoms with van der Waals surface area (Å²) in [6.45, 7) is 1.70. The van der Waals surface area contributed by atoms with Crippen LogP contribution in [-0.2, 0) is 14.4 Å². The van der Waals surface area contributed by atoms with Crippen LogP contribution >= 0.6 is 11.3 Å². The number of hydrogen-bond acceptors (Lipinski definition) is 12. The predicted molar refractivity (Wildman–Crippen MR) is 163 cm³/mol. The number of benzene rings is 1. The number of aliphatic hydroxyl groups is 3. The van der Waals surface area contributed by atoms with Gasteiger partial charge in [-0.05, 0) is 37.8 Å². The highest BCUT2D eigenvalue weighted by atomic mass is 32.1. The van der Waals surface area contributed by atoms with Gasteiger partial charge in [-0.2, -0.15) is 4.99 Å². The molecule has 0 bridgehead atoms. The van der Waals surface area contributed by atoms with Crippen LogP contribution in [0.5, 0.6) is 5.75 Å². The van der Waals surface area contributed by atoms with Crippen molar-refractivity contribution in [3.05, 3.63) is 41.0 Å². The maximum absolute atomic E-state index is 12.7. The summed E-state index contributed by atoms with van der Waals surface area (Å²) < 4.78 is 5.61. The highest BCUT2D eigenvalue weighted by Gasteiger charge is 2.30. The average Bonchev–Trinajstić information content (AvgIpc) is 3.58. The molecule has 16 nitrogen and oxygen atoms in total. The minimum Gasteiger partial charge on any atom is -0.494 e. The van der Waals surface area contributed by atoms with Gasteiger partial charge in [-0.1, -0.05) is 6.07 Å². The summed E-state index contributed by atoms with van der Waals surface area (Å²) in [5, 5.41) is 43.3. The lowest BCUT2D eigenvalue weighted by molar-refractivity contribution is -0.325. The molecule has 1 aromatic carbocycles. The molecular formula is C28H34N8O8S. The number of carbonyl (C=O) groups is 4. The van der Waals surface area contributed by atoms with Crippen LogP contribution in [0.25, 0.3) is 10.6 Å². The van der Waals surface area contributed by atoms with Gasteiger partial charge in [0, 0.05) is 38.0 Å². The van der Waals surface area contributed by atoms with Gasteiger partial charge in [-0.15, -0.1) is 11.3 Å². The highest BCUT2D eigenvalue weighted by molar-refractivity contribution is 7.17. The van der Waals surface area contributed by atoms with E-state index in [-0.39, 0.29) is 40.7 Å². The number of ether oxygens (including phenoxy) is 1. The molecule has 4 rings (SSSR count). The van der Waals surface area contributed by atoms with Crippen molar-refractivity contribution in [2.24, 2.45) is 16.6 Å². The first-order valence-corrected chi connectivity index (χ1v) is 14.8. The van der Waals surface area contributed by atoms with E-state index in [0.717, 1.165) is 30.4 Å². The SMILES string of the molecule is COc1c(N/C(=C/C(N)=NC(=O)C2CC2)C(=N)C(=O)NC(O)(O)O)cccc1-c1ncc(C(=O)NCCCN2CCCC2=O)s1. The zero-order valence-electron chi connectivity index (χ0n) is 24.3. The number of likely N-dealkylation sites (tertiary alicyclic amines) is 1. The van der Waals surface area contributed by atoms with E-state index in [1.807, 2.05) is 0 Å². The first-order valence-electron chi connectivity index (χ1n) is 14.0. The van der Waals surface area contributed by atoms with Crippen molar-refractivity contribution in [1.29, 1.82) is 5.41 Å². The molecule has 0 atom stereocenters. The third-order valence-corrected chi connectivity index (χ3v) is 7.78. The number of thiazole rings is 1. The van der Waals surface area contributed by atoms with E-state index in [9.17, 15) is 19.2 Å². The van der Waals surface area contributed by atoms with Crippen LogP contribution < -0.4 is 26.4 Å². The summed E-state index contributed by atoms with van der Waals surface area (Å²) in [5.74, 6) is -2.41. The van der Waals surface area contributed by atoms with Gasteiger partial charge in [0.1, 0.15) is 21.4 Å². The second-order valence-electron chi connectivity index (χ2n) is 10.3. The van der Waals surface area contributed by atoms with E-state index in [0.29, 0.717) is 54.2 Å². The molecule has 2 fully saturated rings. The second kappa shape index (κ2) is 14.4. The highest BCUT2D eigenvalue weighted by Crippen LogP contribution is 2.39. The molecule has 4 amide bonds. The monoisotopic (exact) mass is 642 g/mol. The minimum absolute atomic E-state index is 0.129. The van der Waals surface area contributed by atoms with Crippen LogP contribution in [0.3, 0.4) is 0 Å². The fourth-order valence-electron chi connectivity index (χ4n) is 4.41. The topological polar surface area (TPSA) is 253 Å². The lowest BCUT2D eigenvalue weighted by Crippen LogP contribution is -2.51. The first-order chi connectivity index (χ1) is 21.4. The van der Waals surface area contributed by atoms with Gasteiger partial charge in [0.15, 0.2) is 5.75 Å². The molecular weight excluding hydrogens is 608 g/mol. The number of aromatic nitrogens is 1. The number of aliphatic imine (C=N–C) groups is 1. The molecule has 9 N–H and O–H groups in total. The third-order valence-electron chi connectivity index (χ3n) is 6.75. The Labute approximate surface area is 261 Å². The number of methoxy groups -OCH3 is 1. The lowest BCUT2D eigenvalue weighted by Gasteiger charge is -2.19. The Bertz CT molecular complexity index is 1540. The van der Waals surface area contributed by atoms with Crippen molar-refractivity contribution in [2.45, 2.75) is 38.2 Å². The number of carbonyl (C=O) groups excluding carboxylic acids is 4. The summed E-state index contributed by atoms with van der Waals surface area (Å²) in [6.07, 6.45) is 2.25. The van der Waals surface area contributed by atoms with Crippen molar-refractivity contribution in [1.82, 2.24) is 20.5 Å². The molecule has 45 heavy (non-hydrogen) atoms. The molecule has 1 aliphatic carbocycles. The number of amidine groups is 1. The zero-order chi connectivity index (χ0) is 32.7. The number of rotatable bonds is 14. The van der Waals surface area contributed by atoms with Gasteiger partial charge in [0.25, 0.3) is 17.7 Å². The van der Waals surface area contributed by atoms with Gasteiger partial charge < -0.3 is 41.3 Å². The molecule has 2 aromatic rings. The van der Waals surface area contributed by atoms with Gasteiger partial charge in [-0.25, -0.2) is 4.98 Å². The van der Waals surface area contributed by atoms with E-state index in [1.165, 1.54) is 18.6 Å². The number of hydrogen-bond donors (Lipinski definition) is 8. The number of nitrogens with zero attached hydrogens (tertiary/aromatic N) is 3. The summed E-state index contributed by atoms with van der Waals surface area (Å²) in [4.78, 5) is 59.3. The third kappa shape index (κ3) is 9.15. The zero-order valence-corrected chi connectivity index (χ0v) is 25.1.